The van der Waals surface area contributed by atoms with E-state index in [2.05, 4.69) is 5.32 Å². The number of rotatable bonds is 5. The number of ether oxygens (including phenoxy) is 1. The van der Waals surface area contributed by atoms with Crippen LogP contribution in [0.2, 0.25) is 5.02 Å². The Labute approximate surface area is 196 Å². The lowest BCUT2D eigenvalue weighted by Gasteiger charge is -2.22. The number of halogens is 1. The highest BCUT2D eigenvalue weighted by molar-refractivity contribution is 6.31. The van der Waals surface area contributed by atoms with E-state index in [-0.39, 0.29) is 5.57 Å². The van der Waals surface area contributed by atoms with Gasteiger partial charge in [0, 0.05) is 29.1 Å². The molecule has 3 aromatic rings. The fraction of sp³-hybridized carbons (Fsp3) is 0.160. The second-order valence-electron chi connectivity index (χ2n) is 7.75. The van der Waals surface area contributed by atoms with E-state index in [9.17, 15) is 14.4 Å². The Bertz CT molecular complexity index is 1270. The van der Waals surface area contributed by atoms with Crippen molar-refractivity contribution in [1.82, 2.24) is 14.8 Å². The maximum absolute atomic E-state index is 12.4. The first-order chi connectivity index (χ1) is 15.7. The van der Waals surface area contributed by atoms with Crippen molar-refractivity contribution in [2.24, 2.45) is 0 Å². The molecule has 1 aliphatic heterocycles. The van der Waals surface area contributed by atoms with Crippen LogP contribution in [0.3, 0.4) is 0 Å². The van der Waals surface area contributed by atoms with Crippen LogP contribution in [0.1, 0.15) is 22.5 Å². The van der Waals surface area contributed by atoms with Gasteiger partial charge in [-0.15, -0.1) is 0 Å². The Kier molecular flexibility index (Phi) is 6.07. The third kappa shape index (κ3) is 4.54. The minimum atomic E-state index is -0.731. The maximum Gasteiger partial charge on any atom is 0.331 e. The predicted octanol–water partition coefficient (Wildman–Crippen LogP) is 4.42. The van der Waals surface area contributed by atoms with E-state index in [1.165, 1.54) is 13.1 Å². The summed E-state index contributed by atoms with van der Waals surface area (Å²) in [5.74, 6) is -0.596. The van der Waals surface area contributed by atoms with E-state index in [1.807, 2.05) is 73.0 Å². The topological polar surface area (TPSA) is 80.6 Å². The highest BCUT2D eigenvalue weighted by atomic mass is 35.5. The number of amides is 4. The number of nitrogens with zero attached hydrogens (tertiary/aromatic N) is 2. The number of carbonyl (C=O) groups is 3. The molecule has 0 bridgehead atoms. The first kappa shape index (κ1) is 22.4. The molecule has 7 nitrogen and oxygen atoms in total. The molecule has 0 radical (unpaired) electrons. The normalized spacial score (nSPS) is 15.2. The summed E-state index contributed by atoms with van der Waals surface area (Å²) in [6.45, 7) is 4.28. The molecule has 33 heavy (non-hydrogen) atoms. The standard InChI is InChI=1S/C25H22ClN3O4/c1-15-12-18(13-22-23(30)27-25(32)28(3)24(22)31)16(2)29(15)20-8-10-21(11-9-20)33-14-17-4-6-19(26)7-5-17/h4-13H,14H2,1-3H3,(H,27,30,32)/b22-13-. The van der Waals surface area contributed by atoms with Crippen molar-refractivity contribution < 1.29 is 19.1 Å². The molecular formula is C25H22ClN3O4. The zero-order valence-corrected chi connectivity index (χ0v) is 19.1. The van der Waals surface area contributed by atoms with Crippen LogP contribution >= 0.6 is 11.6 Å². The van der Waals surface area contributed by atoms with Crippen LogP contribution in [0.25, 0.3) is 11.8 Å². The Morgan fingerprint density at radius 2 is 1.67 bits per heavy atom. The molecule has 0 spiro atoms. The summed E-state index contributed by atoms with van der Waals surface area (Å²) >= 11 is 5.91. The Hall–Kier alpha value is -3.84. The Morgan fingerprint density at radius 1 is 1.00 bits per heavy atom. The van der Waals surface area contributed by atoms with E-state index >= 15 is 0 Å². The molecule has 168 valence electrons. The van der Waals surface area contributed by atoms with Gasteiger partial charge in [-0.25, -0.2) is 4.79 Å². The van der Waals surface area contributed by atoms with Gasteiger partial charge >= 0.3 is 6.03 Å². The lowest BCUT2D eigenvalue weighted by molar-refractivity contribution is -0.129. The number of likely N-dealkylation sites (N-methyl/N-ethyl adjacent to an activating group) is 1. The van der Waals surface area contributed by atoms with Crippen molar-refractivity contribution in [2.45, 2.75) is 20.5 Å². The van der Waals surface area contributed by atoms with Gasteiger partial charge in [0.1, 0.15) is 17.9 Å². The number of aryl methyl sites for hydroxylation is 1. The molecule has 0 saturated carbocycles. The number of aromatic nitrogens is 1. The molecular weight excluding hydrogens is 442 g/mol. The van der Waals surface area contributed by atoms with Crippen molar-refractivity contribution >= 4 is 35.5 Å². The minimum absolute atomic E-state index is 0.0803. The lowest BCUT2D eigenvalue weighted by Crippen LogP contribution is -2.52. The molecule has 1 saturated heterocycles. The quantitative estimate of drug-likeness (QED) is 0.448. The van der Waals surface area contributed by atoms with Crippen molar-refractivity contribution in [3.63, 3.8) is 0 Å². The molecule has 2 heterocycles. The summed E-state index contributed by atoms with van der Waals surface area (Å²) in [5.41, 5.74) is 4.37. The highest BCUT2D eigenvalue weighted by Gasteiger charge is 2.33. The molecule has 0 unspecified atom stereocenters. The number of benzene rings is 2. The summed E-state index contributed by atoms with van der Waals surface area (Å²) in [7, 11) is 1.33. The van der Waals surface area contributed by atoms with Crippen LogP contribution in [0.4, 0.5) is 4.79 Å². The monoisotopic (exact) mass is 463 g/mol. The first-order valence-electron chi connectivity index (χ1n) is 10.3. The fourth-order valence-electron chi connectivity index (χ4n) is 3.67. The molecule has 4 amide bonds. The number of imide groups is 2. The molecule has 2 aromatic carbocycles. The number of nitrogens with one attached hydrogen (secondary N) is 1. The van der Waals surface area contributed by atoms with Gasteiger partial charge in [-0.1, -0.05) is 23.7 Å². The van der Waals surface area contributed by atoms with Crippen LogP contribution in [0, 0.1) is 13.8 Å². The molecule has 1 fully saturated rings. The molecule has 8 heteroatoms. The molecule has 0 atom stereocenters. The number of urea groups is 1. The molecule has 1 N–H and O–H groups in total. The van der Waals surface area contributed by atoms with Crippen LogP contribution < -0.4 is 10.1 Å². The van der Waals surface area contributed by atoms with Crippen LogP contribution in [0.5, 0.6) is 5.75 Å². The Morgan fingerprint density at radius 3 is 2.33 bits per heavy atom. The number of carbonyl (C=O) groups excluding carboxylic acids is 3. The number of hydrogen-bond donors (Lipinski definition) is 1. The summed E-state index contributed by atoms with van der Waals surface area (Å²) in [5, 5.41) is 2.85. The van der Waals surface area contributed by atoms with Gasteiger partial charge in [0.05, 0.1) is 0 Å². The maximum atomic E-state index is 12.4. The van der Waals surface area contributed by atoms with Gasteiger partial charge in [-0.05, 0) is 73.5 Å². The lowest BCUT2D eigenvalue weighted by atomic mass is 10.1. The molecule has 0 aliphatic carbocycles. The van der Waals surface area contributed by atoms with Crippen LogP contribution in [-0.4, -0.2) is 34.4 Å². The van der Waals surface area contributed by atoms with Crippen molar-refractivity contribution in [2.75, 3.05) is 7.05 Å². The van der Waals surface area contributed by atoms with E-state index in [0.717, 1.165) is 38.9 Å². The number of barbiturate groups is 1. The van der Waals surface area contributed by atoms with E-state index in [0.29, 0.717) is 11.6 Å². The fourth-order valence-corrected chi connectivity index (χ4v) is 3.80. The van der Waals surface area contributed by atoms with Crippen LogP contribution in [0.15, 0.2) is 60.2 Å². The van der Waals surface area contributed by atoms with Crippen molar-refractivity contribution in [1.29, 1.82) is 0 Å². The zero-order valence-electron chi connectivity index (χ0n) is 18.4. The zero-order chi connectivity index (χ0) is 23.7. The molecule has 1 aromatic heterocycles. The van der Waals surface area contributed by atoms with E-state index in [1.54, 1.807) is 0 Å². The molecule has 1 aliphatic rings. The predicted molar refractivity (Wildman–Crippen MR) is 125 cm³/mol. The first-order valence-corrected chi connectivity index (χ1v) is 10.6. The van der Waals surface area contributed by atoms with Crippen LogP contribution in [-0.2, 0) is 16.2 Å². The van der Waals surface area contributed by atoms with Gasteiger partial charge in [0.2, 0.25) is 0 Å². The third-order valence-electron chi connectivity index (χ3n) is 5.49. The van der Waals surface area contributed by atoms with Gasteiger partial charge in [0.15, 0.2) is 0 Å². The summed E-state index contributed by atoms with van der Waals surface area (Å²) in [6, 6.07) is 16.3. The Balaban J connectivity index is 1.55. The average Bonchev–Trinajstić information content (AvgIpc) is 3.08. The minimum Gasteiger partial charge on any atom is -0.489 e. The summed E-state index contributed by atoms with van der Waals surface area (Å²) in [6.07, 6.45) is 1.52. The number of hydrogen-bond acceptors (Lipinski definition) is 4. The second kappa shape index (κ2) is 8.96. The largest absolute Gasteiger partial charge is 0.489 e. The molecule has 4 rings (SSSR count). The summed E-state index contributed by atoms with van der Waals surface area (Å²) < 4.78 is 7.88. The van der Waals surface area contributed by atoms with Crippen molar-refractivity contribution in [3.8, 4) is 11.4 Å². The SMILES string of the molecule is Cc1cc(/C=C2/C(=O)NC(=O)N(C)C2=O)c(C)n1-c1ccc(OCc2ccc(Cl)cc2)cc1. The van der Waals surface area contributed by atoms with Gasteiger partial charge in [-0.2, -0.15) is 0 Å². The van der Waals surface area contributed by atoms with Gasteiger partial charge < -0.3 is 9.30 Å². The van der Waals surface area contributed by atoms with Gasteiger partial charge in [-0.3, -0.25) is 19.8 Å². The van der Waals surface area contributed by atoms with Gasteiger partial charge in [0.25, 0.3) is 11.8 Å². The van der Waals surface area contributed by atoms with E-state index in [4.69, 9.17) is 16.3 Å². The second-order valence-corrected chi connectivity index (χ2v) is 8.19. The highest BCUT2D eigenvalue weighted by Crippen LogP contribution is 2.25. The van der Waals surface area contributed by atoms with E-state index < -0.39 is 17.8 Å². The van der Waals surface area contributed by atoms with Crippen molar-refractivity contribution in [3.05, 3.63) is 87.7 Å². The average molecular weight is 464 g/mol. The smallest absolute Gasteiger partial charge is 0.331 e. The third-order valence-corrected chi connectivity index (χ3v) is 5.74. The summed E-state index contributed by atoms with van der Waals surface area (Å²) in [4.78, 5) is 37.1.